The normalized spacial score (nSPS) is 10.7. The number of fused-ring (bicyclic) bond motifs is 1. The van der Waals surface area contributed by atoms with Crippen molar-refractivity contribution in [3.8, 4) is 11.3 Å². The summed E-state index contributed by atoms with van der Waals surface area (Å²) in [7, 11) is 0. The number of hydrogen-bond acceptors (Lipinski definition) is 3. The number of rotatable bonds is 2. The topological polar surface area (TPSA) is 78.0 Å². The highest BCUT2D eigenvalue weighted by Gasteiger charge is 2.11. The Morgan fingerprint density at radius 3 is 2.65 bits per heavy atom. The maximum Gasteiger partial charge on any atom is 0.274 e. The predicted octanol–water partition coefficient (Wildman–Crippen LogP) is 2.49. The Balaban J connectivity index is 2.16. The van der Waals surface area contributed by atoms with Crippen molar-refractivity contribution in [3.63, 3.8) is 0 Å². The SMILES string of the molecule is O=C(NO)c1ccc2[nH]nc(-c3ccc(F)cc3)c2c1. The number of hydrogen-bond donors (Lipinski definition) is 3. The van der Waals surface area contributed by atoms with Gasteiger partial charge in [-0.25, -0.2) is 9.87 Å². The third-order valence-corrected chi connectivity index (χ3v) is 3.04. The molecule has 100 valence electrons. The van der Waals surface area contributed by atoms with Crippen molar-refractivity contribution in [1.29, 1.82) is 0 Å². The van der Waals surface area contributed by atoms with Crippen molar-refractivity contribution in [1.82, 2.24) is 15.7 Å². The van der Waals surface area contributed by atoms with E-state index in [2.05, 4.69) is 10.2 Å². The number of hydroxylamine groups is 1. The number of carbonyl (C=O) groups excluding carboxylic acids is 1. The molecule has 1 aromatic heterocycles. The molecule has 0 aliphatic carbocycles. The van der Waals surface area contributed by atoms with Gasteiger partial charge in [0.2, 0.25) is 0 Å². The van der Waals surface area contributed by atoms with Crippen LogP contribution in [-0.2, 0) is 0 Å². The second-order valence-corrected chi connectivity index (χ2v) is 4.28. The van der Waals surface area contributed by atoms with Gasteiger partial charge in [-0.2, -0.15) is 5.10 Å². The van der Waals surface area contributed by atoms with Crippen molar-refractivity contribution in [3.05, 3.63) is 53.8 Å². The van der Waals surface area contributed by atoms with Crippen LogP contribution >= 0.6 is 0 Å². The third kappa shape index (κ3) is 2.02. The van der Waals surface area contributed by atoms with E-state index in [-0.39, 0.29) is 5.82 Å². The molecule has 0 aliphatic rings. The molecule has 3 rings (SSSR count). The van der Waals surface area contributed by atoms with E-state index in [0.29, 0.717) is 11.3 Å². The molecular weight excluding hydrogens is 261 g/mol. The molecule has 0 fully saturated rings. The van der Waals surface area contributed by atoms with E-state index in [1.165, 1.54) is 12.1 Å². The highest BCUT2D eigenvalue weighted by molar-refractivity contribution is 6.01. The summed E-state index contributed by atoms with van der Waals surface area (Å²) < 4.78 is 12.9. The lowest BCUT2D eigenvalue weighted by Crippen LogP contribution is -2.18. The second kappa shape index (κ2) is 4.75. The summed E-state index contributed by atoms with van der Waals surface area (Å²) >= 11 is 0. The Hall–Kier alpha value is -2.73. The summed E-state index contributed by atoms with van der Waals surface area (Å²) in [6, 6.07) is 10.8. The molecule has 0 saturated heterocycles. The predicted molar refractivity (Wildman–Crippen MR) is 70.7 cm³/mol. The van der Waals surface area contributed by atoms with Gasteiger partial charge in [-0.15, -0.1) is 0 Å². The van der Waals surface area contributed by atoms with Crippen LogP contribution in [0, 0.1) is 5.82 Å². The van der Waals surface area contributed by atoms with Crippen LogP contribution in [0.1, 0.15) is 10.4 Å². The molecule has 20 heavy (non-hydrogen) atoms. The molecule has 5 nitrogen and oxygen atoms in total. The minimum Gasteiger partial charge on any atom is -0.288 e. The van der Waals surface area contributed by atoms with E-state index in [0.717, 1.165) is 16.5 Å². The summed E-state index contributed by atoms with van der Waals surface area (Å²) in [5.74, 6) is -0.924. The first-order valence-electron chi connectivity index (χ1n) is 5.87. The zero-order chi connectivity index (χ0) is 14.1. The molecule has 0 bridgehead atoms. The molecule has 0 atom stereocenters. The fraction of sp³-hybridized carbons (Fsp3) is 0. The van der Waals surface area contributed by atoms with Crippen molar-refractivity contribution >= 4 is 16.8 Å². The average Bonchev–Trinajstić information content (AvgIpc) is 2.90. The average molecular weight is 271 g/mol. The fourth-order valence-corrected chi connectivity index (χ4v) is 2.05. The van der Waals surface area contributed by atoms with Crippen LogP contribution in [0.3, 0.4) is 0 Å². The molecule has 3 N–H and O–H groups in total. The lowest BCUT2D eigenvalue weighted by Gasteiger charge is -2.01. The van der Waals surface area contributed by atoms with Crippen LogP contribution in [0.25, 0.3) is 22.2 Å². The van der Waals surface area contributed by atoms with Crippen LogP contribution in [-0.4, -0.2) is 21.3 Å². The van der Waals surface area contributed by atoms with Gasteiger partial charge in [0.05, 0.1) is 11.2 Å². The van der Waals surface area contributed by atoms with Crippen LogP contribution in [0.4, 0.5) is 4.39 Å². The molecule has 0 unspecified atom stereocenters. The lowest BCUT2D eigenvalue weighted by atomic mass is 10.1. The standard InChI is InChI=1S/C14H10FN3O2/c15-10-4-1-8(2-5-10)13-11-7-9(14(19)18-20)3-6-12(11)16-17-13/h1-7,20H,(H,16,17)(H,18,19). The number of halogens is 1. The molecular formula is C14H10FN3O2. The summed E-state index contributed by atoms with van der Waals surface area (Å²) in [6.45, 7) is 0. The molecule has 1 amide bonds. The fourth-order valence-electron chi connectivity index (χ4n) is 2.05. The summed E-state index contributed by atoms with van der Waals surface area (Å²) in [6.07, 6.45) is 0. The number of H-pyrrole nitrogens is 1. The molecule has 1 heterocycles. The number of nitrogens with one attached hydrogen (secondary N) is 2. The Labute approximate surface area is 113 Å². The maximum atomic E-state index is 12.9. The van der Waals surface area contributed by atoms with E-state index in [1.54, 1.807) is 35.8 Å². The van der Waals surface area contributed by atoms with Gasteiger partial charge >= 0.3 is 0 Å². The highest BCUT2D eigenvalue weighted by Crippen LogP contribution is 2.27. The van der Waals surface area contributed by atoms with Gasteiger partial charge in [0, 0.05) is 16.5 Å². The Morgan fingerprint density at radius 1 is 1.20 bits per heavy atom. The Bertz CT molecular complexity index is 781. The minimum atomic E-state index is -0.599. The van der Waals surface area contributed by atoms with Gasteiger partial charge in [0.15, 0.2) is 0 Å². The van der Waals surface area contributed by atoms with E-state index in [4.69, 9.17) is 5.21 Å². The van der Waals surface area contributed by atoms with Crippen molar-refractivity contribution < 1.29 is 14.4 Å². The number of aromatic amines is 1. The Kier molecular flexibility index (Phi) is 2.92. The van der Waals surface area contributed by atoms with Gasteiger partial charge in [0.25, 0.3) is 5.91 Å². The van der Waals surface area contributed by atoms with Crippen LogP contribution in [0.2, 0.25) is 0 Å². The van der Waals surface area contributed by atoms with Gasteiger partial charge in [-0.05, 0) is 42.5 Å². The molecule has 0 saturated carbocycles. The molecule has 6 heteroatoms. The first kappa shape index (κ1) is 12.3. The van der Waals surface area contributed by atoms with Crippen molar-refractivity contribution in [2.45, 2.75) is 0 Å². The van der Waals surface area contributed by atoms with E-state index >= 15 is 0 Å². The number of aromatic nitrogens is 2. The lowest BCUT2D eigenvalue weighted by molar-refractivity contribution is 0.0706. The minimum absolute atomic E-state index is 0.310. The summed E-state index contributed by atoms with van der Waals surface area (Å²) in [5, 5.41) is 16.4. The number of benzene rings is 2. The number of nitrogens with zero attached hydrogens (tertiary/aromatic N) is 1. The molecule has 2 aromatic carbocycles. The molecule has 0 aliphatic heterocycles. The first-order chi connectivity index (χ1) is 9.69. The van der Waals surface area contributed by atoms with Crippen LogP contribution in [0.15, 0.2) is 42.5 Å². The van der Waals surface area contributed by atoms with Crippen molar-refractivity contribution in [2.24, 2.45) is 0 Å². The molecule has 3 aromatic rings. The maximum absolute atomic E-state index is 12.9. The quantitative estimate of drug-likeness (QED) is 0.495. The van der Waals surface area contributed by atoms with Gasteiger partial charge < -0.3 is 0 Å². The zero-order valence-corrected chi connectivity index (χ0v) is 10.2. The first-order valence-corrected chi connectivity index (χ1v) is 5.87. The van der Waals surface area contributed by atoms with E-state index in [1.807, 2.05) is 0 Å². The number of carbonyl (C=O) groups is 1. The van der Waals surface area contributed by atoms with E-state index < -0.39 is 5.91 Å². The zero-order valence-electron chi connectivity index (χ0n) is 10.2. The second-order valence-electron chi connectivity index (χ2n) is 4.28. The molecule has 0 radical (unpaired) electrons. The smallest absolute Gasteiger partial charge is 0.274 e. The van der Waals surface area contributed by atoms with Crippen LogP contribution < -0.4 is 5.48 Å². The van der Waals surface area contributed by atoms with E-state index in [9.17, 15) is 9.18 Å². The summed E-state index contributed by atoms with van der Waals surface area (Å²) in [5.41, 5.74) is 4.00. The molecule has 0 spiro atoms. The van der Waals surface area contributed by atoms with Crippen molar-refractivity contribution in [2.75, 3.05) is 0 Å². The van der Waals surface area contributed by atoms with Gasteiger partial charge in [-0.1, -0.05) is 0 Å². The summed E-state index contributed by atoms with van der Waals surface area (Å²) in [4.78, 5) is 11.4. The van der Waals surface area contributed by atoms with Crippen LogP contribution in [0.5, 0.6) is 0 Å². The van der Waals surface area contributed by atoms with Gasteiger partial charge in [-0.3, -0.25) is 15.1 Å². The largest absolute Gasteiger partial charge is 0.288 e. The highest BCUT2D eigenvalue weighted by atomic mass is 19.1. The number of amides is 1. The third-order valence-electron chi connectivity index (χ3n) is 3.04. The Morgan fingerprint density at radius 2 is 1.95 bits per heavy atom. The monoisotopic (exact) mass is 271 g/mol. The van der Waals surface area contributed by atoms with Gasteiger partial charge in [0.1, 0.15) is 5.82 Å².